The Kier molecular flexibility index (Phi) is 6.94. The number of nitrogens with one attached hydrogen (secondary N) is 1. The van der Waals surface area contributed by atoms with Crippen LogP contribution in [0.1, 0.15) is 29.4 Å². The van der Waals surface area contributed by atoms with E-state index in [2.05, 4.69) is 5.32 Å². The SMILES string of the molecule is COc1ccc(C(O)CNC(=O)C2CCCN(S(=O)(=O)c3ccc(C)s3)C2)cc1. The van der Waals surface area contributed by atoms with E-state index in [1.54, 1.807) is 43.5 Å². The molecule has 1 saturated heterocycles. The highest BCUT2D eigenvalue weighted by molar-refractivity contribution is 7.91. The summed E-state index contributed by atoms with van der Waals surface area (Å²) in [5.41, 5.74) is 0.673. The van der Waals surface area contributed by atoms with E-state index in [1.807, 2.05) is 6.92 Å². The highest BCUT2D eigenvalue weighted by Gasteiger charge is 2.34. The molecular formula is C20H26N2O5S2. The van der Waals surface area contributed by atoms with Crippen LogP contribution in [0.25, 0.3) is 0 Å². The molecule has 3 rings (SSSR count). The zero-order valence-electron chi connectivity index (χ0n) is 16.5. The molecule has 2 N–H and O–H groups in total. The lowest BCUT2D eigenvalue weighted by atomic mass is 9.98. The molecule has 9 heteroatoms. The molecule has 0 saturated carbocycles. The second kappa shape index (κ2) is 9.25. The first kappa shape index (κ1) is 21.8. The number of aryl methyl sites for hydroxylation is 1. The molecule has 0 bridgehead atoms. The van der Waals surface area contributed by atoms with Crippen molar-refractivity contribution in [2.45, 2.75) is 30.1 Å². The number of aliphatic hydroxyl groups excluding tert-OH is 1. The van der Waals surface area contributed by atoms with Gasteiger partial charge in [0.1, 0.15) is 9.96 Å². The first-order chi connectivity index (χ1) is 13.8. The van der Waals surface area contributed by atoms with Gasteiger partial charge in [-0.1, -0.05) is 12.1 Å². The van der Waals surface area contributed by atoms with Gasteiger partial charge < -0.3 is 15.2 Å². The van der Waals surface area contributed by atoms with Crippen LogP contribution in [0.15, 0.2) is 40.6 Å². The third-order valence-electron chi connectivity index (χ3n) is 5.03. The largest absolute Gasteiger partial charge is 0.497 e. The highest BCUT2D eigenvalue weighted by atomic mass is 32.2. The Hall–Kier alpha value is -1.94. The molecular weight excluding hydrogens is 412 g/mol. The third kappa shape index (κ3) is 5.16. The minimum absolute atomic E-state index is 0.0680. The van der Waals surface area contributed by atoms with E-state index in [-0.39, 0.29) is 19.0 Å². The number of hydrogen-bond acceptors (Lipinski definition) is 6. The normalized spacial score (nSPS) is 18.9. The van der Waals surface area contributed by atoms with Crippen molar-refractivity contribution in [3.05, 3.63) is 46.8 Å². The van der Waals surface area contributed by atoms with Crippen LogP contribution in [0.3, 0.4) is 0 Å². The second-order valence-electron chi connectivity index (χ2n) is 7.10. The van der Waals surface area contributed by atoms with Crippen LogP contribution in [-0.2, 0) is 14.8 Å². The monoisotopic (exact) mass is 438 g/mol. The number of methoxy groups -OCH3 is 1. The summed E-state index contributed by atoms with van der Waals surface area (Å²) in [5, 5.41) is 13.1. The van der Waals surface area contributed by atoms with E-state index in [0.29, 0.717) is 34.9 Å². The molecule has 2 atom stereocenters. The van der Waals surface area contributed by atoms with Gasteiger partial charge >= 0.3 is 0 Å². The standard InChI is InChI=1S/C20H26N2O5S2/c1-14-5-10-19(28-14)29(25,26)22-11-3-4-16(13-22)20(24)21-12-18(23)15-6-8-17(27-2)9-7-15/h5-10,16,18,23H,3-4,11-13H2,1-2H3,(H,21,24). The van der Waals surface area contributed by atoms with Gasteiger partial charge in [-0.05, 0) is 49.6 Å². The summed E-state index contributed by atoms with van der Waals surface area (Å²) < 4.78 is 32.5. The summed E-state index contributed by atoms with van der Waals surface area (Å²) in [6, 6.07) is 10.4. The average Bonchev–Trinajstić information content (AvgIpc) is 3.19. The fraction of sp³-hybridized carbons (Fsp3) is 0.450. The molecule has 29 heavy (non-hydrogen) atoms. The zero-order chi connectivity index (χ0) is 21.0. The van der Waals surface area contributed by atoms with Gasteiger partial charge in [-0.15, -0.1) is 11.3 Å². The molecule has 1 fully saturated rings. The molecule has 1 aliphatic rings. The average molecular weight is 439 g/mol. The maximum absolute atomic E-state index is 12.8. The number of nitrogens with zero attached hydrogens (tertiary/aromatic N) is 1. The minimum Gasteiger partial charge on any atom is -0.497 e. The van der Waals surface area contributed by atoms with E-state index >= 15 is 0 Å². The predicted molar refractivity (Wildman–Crippen MR) is 112 cm³/mol. The molecule has 158 valence electrons. The van der Waals surface area contributed by atoms with Gasteiger partial charge in [-0.3, -0.25) is 4.79 Å². The van der Waals surface area contributed by atoms with Crippen molar-refractivity contribution in [3.8, 4) is 5.75 Å². The molecule has 2 heterocycles. The molecule has 1 aliphatic heterocycles. The van der Waals surface area contributed by atoms with E-state index in [0.717, 1.165) is 4.88 Å². The minimum atomic E-state index is -3.58. The summed E-state index contributed by atoms with van der Waals surface area (Å²) in [7, 11) is -2.01. The Morgan fingerprint density at radius 1 is 1.31 bits per heavy atom. The molecule has 1 aromatic carbocycles. The fourth-order valence-corrected chi connectivity index (χ4v) is 6.30. The number of sulfonamides is 1. The maximum atomic E-state index is 12.8. The predicted octanol–water partition coefficient (Wildman–Crippen LogP) is 2.32. The van der Waals surface area contributed by atoms with Gasteiger partial charge in [-0.25, -0.2) is 8.42 Å². The summed E-state index contributed by atoms with van der Waals surface area (Å²) in [5.74, 6) is 0.0249. The maximum Gasteiger partial charge on any atom is 0.252 e. The number of amides is 1. The van der Waals surface area contributed by atoms with Crippen LogP contribution in [0.5, 0.6) is 5.75 Å². The van der Waals surface area contributed by atoms with Crippen LogP contribution in [-0.4, -0.2) is 50.5 Å². The van der Waals surface area contributed by atoms with Gasteiger partial charge in [-0.2, -0.15) is 4.31 Å². The van der Waals surface area contributed by atoms with Gasteiger partial charge in [0.2, 0.25) is 5.91 Å². The molecule has 0 spiro atoms. The Morgan fingerprint density at radius 3 is 2.66 bits per heavy atom. The highest BCUT2D eigenvalue weighted by Crippen LogP contribution is 2.28. The number of benzene rings is 1. The van der Waals surface area contributed by atoms with Crippen LogP contribution in [0, 0.1) is 12.8 Å². The Bertz CT molecular complexity index is 940. The quantitative estimate of drug-likeness (QED) is 0.692. The topological polar surface area (TPSA) is 95.9 Å². The smallest absolute Gasteiger partial charge is 0.252 e. The van der Waals surface area contributed by atoms with E-state index in [1.165, 1.54) is 15.6 Å². The van der Waals surface area contributed by atoms with E-state index in [9.17, 15) is 18.3 Å². The fourth-order valence-electron chi connectivity index (χ4n) is 3.34. The molecule has 1 amide bonds. The number of carbonyl (C=O) groups excluding carboxylic acids is 1. The number of thiophene rings is 1. The second-order valence-corrected chi connectivity index (χ2v) is 10.6. The van der Waals surface area contributed by atoms with Crippen molar-refractivity contribution >= 4 is 27.3 Å². The van der Waals surface area contributed by atoms with Crippen molar-refractivity contribution in [1.29, 1.82) is 0 Å². The number of ether oxygens (including phenoxy) is 1. The van der Waals surface area contributed by atoms with Gasteiger partial charge in [0, 0.05) is 24.5 Å². The van der Waals surface area contributed by atoms with Gasteiger partial charge in [0.05, 0.1) is 19.1 Å². The molecule has 1 aromatic heterocycles. The van der Waals surface area contributed by atoms with Crippen LogP contribution in [0.4, 0.5) is 0 Å². The van der Waals surface area contributed by atoms with Gasteiger partial charge in [0.15, 0.2) is 0 Å². The number of rotatable bonds is 7. The van der Waals surface area contributed by atoms with E-state index < -0.39 is 22.0 Å². The van der Waals surface area contributed by atoms with Crippen molar-refractivity contribution in [1.82, 2.24) is 9.62 Å². The summed E-state index contributed by atoms with van der Waals surface area (Å²) >= 11 is 1.24. The van der Waals surface area contributed by atoms with Crippen molar-refractivity contribution in [2.75, 3.05) is 26.7 Å². The first-order valence-electron chi connectivity index (χ1n) is 9.47. The molecule has 0 radical (unpaired) electrons. The van der Waals surface area contributed by atoms with Crippen LogP contribution >= 0.6 is 11.3 Å². The number of hydrogen-bond donors (Lipinski definition) is 2. The van der Waals surface area contributed by atoms with E-state index in [4.69, 9.17) is 4.74 Å². The Labute approximate surface area is 175 Å². The van der Waals surface area contributed by atoms with Crippen LogP contribution in [0.2, 0.25) is 0 Å². The Morgan fingerprint density at radius 2 is 2.03 bits per heavy atom. The summed E-state index contributed by atoms with van der Waals surface area (Å²) in [6.45, 7) is 2.50. The van der Waals surface area contributed by atoms with Crippen molar-refractivity contribution in [3.63, 3.8) is 0 Å². The molecule has 7 nitrogen and oxygen atoms in total. The summed E-state index contributed by atoms with van der Waals surface area (Å²) in [4.78, 5) is 13.5. The lowest BCUT2D eigenvalue weighted by Crippen LogP contribution is -2.45. The summed E-state index contributed by atoms with van der Waals surface area (Å²) in [6.07, 6.45) is 0.408. The number of aliphatic hydroxyl groups is 1. The number of carbonyl (C=O) groups is 1. The van der Waals surface area contributed by atoms with Gasteiger partial charge in [0.25, 0.3) is 10.0 Å². The molecule has 2 unspecified atom stereocenters. The lowest BCUT2D eigenvalue weighted by Gasteiger charge is -2.31. The lowest BCUT2D eigenvalue weighted by molar-refractivity contribution is -0.126. The third-order valence-corrected chi connectivity index (χ3v) is 8.37. The molecule has 0 aliphatic carbocycles. The Balaban J connectivity index is 1.58. The molecule has 2 aromatic rings. The number of piperidine rings is 1. The van der Waals surface area contributed by atoms with Crippen molar-refractivity contribution < 1.29 is 23.1 Å². The van der Waals surface area contributed by atoms with Crippen LogP contribution < -0.4 is 10.1 Å². The van der Waals surface area contributed by atoms with Crippen molar-refractivity contribution in [2.24, 2.45) is 5.92 Å². The first-order valence-corrected chi connectivity index (χ1v) is 11.7. The zero-order valence-corrected chi connectivity index (χ0v) is 18.1.